The van der Waals surface area contributed by atoms with Gasteiger partial charge < -0.3 is 19.5 Å². The first-order valence-corrected chi connectivity index (χ1v) is 7.57. The van der Waals surface area contributed by atoms with Crippen molar-refractivity contribution in [1.29, 1.82) is 0 Å². The van der Waals surface area contributed by atoms with E-state index in [0.29, 0.717) is 12.6 Å². The molecule has 3 atom stereocenters. The maximum atomic E-state index is 9.94. The Kier molecular flexibility index (Phi) is 4.33. The molecular formula is C16H24N2O3. The average Bonchev–Trinajstić information content (AvgIpc) is 2.77. The van der Waals surface area contributed by atoms with Crippen molar-refractivity contribution in [3.63, 3.8) is 0 Å². The minimum absolute atomic E-state index is 0.0230. The molecule has 1 N–H and O–H groups in total. The first-order valence-electron chi connectivity index (χ1n) is 7.57. The van der Waals surface area contributed by atoms with Gasteiger partial charge in [-0.05, 0) is 32.6 Å². The summed E-state index contributed by atoms with van der Waals surface area (Å²) in [7, 11) is 4.14. The Labute approximate surface area is 126 Å². The summed E-state index contributed by atoms with van der Waals surface area (Å²) in [6.07, 6.45) is 0.629. The van der Waals surface area contributed by atoms with Crippen molar-refractivity contribution in [3.8, 4) is 11.5 Å². The lowest BCUT2D eigenvalue weighted by Gasteiger charge is -2.32. The number of hydrogen-bond donors (Lipinski definition) is 1. The highest BCUT2D eigenvalue weighted by Crippen LogP contribution is 2.31. The summed E-state index contributed by atoms with van der Waals surface area (Å²) in [5.41, 5.74) is 0. The van der Waals surface area contributed by atoms with Crippen molar-refractivity contribution >= 4 is 0 Å². The van der Waals surface area contributed by atoms with Crippen LogP contribution in [-0.2, 0) is 0 Å². The van der Waals surface area contributed by atoms with Gasteiger partial charge in [-0.1, -0.05) is 12.1 Å². The van der Waals surface area contributed by atoms with Crippen molar-refractivity contribution in [2.45, 2.75) is 24.7 Å². The molecule has 0 aromatic heterocycles. The Bertz CT molecular complexity index is 480. The van der Waals surface area contributed by atoms with Crippen LogP contribution in [0.1, 0.15) is 6.42 Å². The molecule has 0 radical (unpaired) electrons. The Morgan fingerprint density at radius 2 is 2.05 bits per heavy atom. The van der Waals surface area contributed by atoms with E-state index in [1.807, 2.05) is 24.3 Å². The van der Waals surface area contributed by atoms with Crippen molar-refractivity contribution < 1.29 is 14.6 Å². The Balaban J connectivity index is 1.61. The number of rotatable bonds is 4. The number of β-amino-alcohol motifs (C(OH)–C–C–N with tert-alkyl or cyclic N) is 1. The van der Waals surface area contributed by atoms with Crippen LogP contribution in [0.15, 0.2) is 24.3 Å². The molecule has 1 aromatic carbocycles. The second-order valence-corrected chi connectivity index (χ2v) is 6.26. The molecular weight excluding hydrogens is 268 g/mol. The largest absolute Gasteiger partial charge is 0.486 e. The van der Waals surface area contributed by atoms with E-state index in [1.165, 1.54) is 0 Å². The summed E-state index contributed by atoms with van der Waals surface area (Å²) >= 11 is 0. The van der Waals surface area contributed by atoms with Crippen LogP contribution in [-0.4, -0.2) is 73.5 Å². The van der Waals surface area contributed by atoms with E-state index in [1.54, 1.807) is 0 Å². The molecule has 3 unspecified atom stereocenters. The van der Waals surface area contributed by atoms with Gasteiger partial charge in [0, 0.05) is 25.7 Å². The van der Waals surface area contributed by atoms with Crippen LogP contribution in [0.5, 0.6) is 11.5 Å². The fourth-order valence-corrected chi connectivity index (χ4v) is 3.21. The van der Waals surface area contributed by atoms with Gasteiger partial charge in [-0.3, -0.25) is 4.90 Å². The molecule has 5 nitrogen and oxygen atoms in total. The third kappa shape index (κ3) is 3.48. The van der Waals surface area contributed by atoms with Gasteiger partial charge in [-0.2, -0.15) is 0 Å². The van der Waals surface area contributed by atoms with E-state index < -0.39 is 0 Å². The maximum absolute atomic E-state index is 9.94. The van der Waals surface area contributed by atoms with Crippen LogP contribution < -0.4 is 9.47 Å². The number of benzene rings is 1. The second kappa shape index (κ2) is 6.22. The molecule has 2 aliphatic rings. The molecule has 2 heterocycles. The molecule has 21 heavy (non-hydrogen) atoms. The summed E-state index contributed by atoms with van der Waals surface area (Å²) in [5, 5.41) is 9.94. The minimum atomic E-state index is -0.230. The molecule has 0 bridgehead atoms. The normalized spacial score (nSPS) is 29.0. The van der Waals surface area contributed by atoms with Gasteiger partial charge in [0.1, 0.15) is 12.7 Å². The zero-order chi connectivity index (χ0) is 14.8. The van der Waals surface area contributed by atoms with Crippen LogP contribution in [0, 0.1) is 0 Å². The summed E-state index contributed by atoms with van der Waals surface area (Å²) < 4.78 is 11.8. The molecule has 0 aliphatic carbocycles. The lowest BCUT2D eigenvalue weighted by Crippen LogP contribution is -2.45. The van der Waals surface area contributed by atoms with E-state index in [-0.39, 0.29) is 12.2 Å². The van der Waals surface area contributed by atoms with E-state index in [9.17, 15) is 5.11 Å². The number of nitrogens with zero attached hydrogens (tertiary/aromatic N) is 2. The van der Waals surface area contributed by atoms with Gasteiger partial charge >= 0.3 is 0 Å². The minimum Gasteiger partial charge on any atom is -0.486 e. The van der Waals surface area contributed by atoms with Crippen LogP contribution in [0.25, 0.3) is 0 Å². The number of ether oxygens (including phenoxy) is 2. The highest BCUT2D eigenvalue weighted by Gasteiger charge is 2.34. The van der Waals surface area contributed by atoms with Gasteiger partial charge in [0.05, 0.1) is 6.10 Å². The Morgan fingerprint density at radius 1 is 1.29 bits per heavy atom. The maximum Gasteiger partial charge on any atom is 0.161 e. The summed E-state index contributed by atoms with van der Waals surface area (Å²) in [4.78, 5) is 4.50. The fourth-order valence-electron chi connectivity index (χ4n) is 3.21. The second-order valence-electron chi connectivity index (χ2n) is 6.26. The van der Waals surface area contributed by atoms with Gasteiger partial charge in [0.15, 0.2) is 11.5 Å². The third-order valence-corrected chi connectivity index (χ3v) is 4.09. The van der Waals surface area contributed by atoms with Crippen LogP contribution in [0.3, 0.4) is 0 Å². The Morgan fingerprint density at radius 3 is 2.81 bits per heavy atom. The zero-order valence-corrected chi connectivity index (χ0v) is 12.7. The quantitative estimate of drug-likeness (QED) is 0.890. The average molecular weight is 292 g/mol. The molecule has 116 valence electrons. The molecule has 5 heteroatoms. The number of aliphatic hydroxyl groups excluding tert-OH is 1. The summed E-state index contributed by atoms with van der Waals surface area (Å²) in [6, 6.07) is 8.17. The monoisotopic (exact) mass is 292 g/mol. The van der Waals surface area contributed by atoms with E-state index >= 15 is 0 Å². The molecule has 2 aliphatic heterocycles. The molecule has 3 rings (SSSR count). The van der Waals surface area contributed by atoms with Crippen molar-refractivity contribution in [1.82, 2.24) is 9.80 Å². The third-order valence-electron chi connectivity index (χ3n) is 4.09. The van der Waals surface area contributed by atoms with Gasteiger partial charge in [0.2, 0.25) is 0 Å². The zero-order valence-electron chi connectivity index (χ0n) is 12.7. The topological polar surface area (TPSA) is 45.2 Å². The lowest BCUT2D eigenvalue weighted by atomic mass is 10.2. The molecule has 1 aromatic rings. The first kappa shape index (κ1) is 14.6. The van der Waals surface area contributed by atoms with Crippen LogP contribution in [0.2, 0.25) is 0 Å². The van der Waals surface area contributed by atoms with Gasteiger partial charge in [-0.15, -0.1) is 0 Å². The van der Waals surface area contributed by atoms with Gasteiger partial charge in [-0.25, -0.2) is 0 Å². The number of likely N-dealkylation sites (tertiary alicyclic amines) is 1. The van der Waals surface area contributed by atoms with Crippen molar-refractivity contribution in [2.75, 3.05) is 40.3 Å². The number of likely N-dealkylation sites (N-methyl/N-ethyl adjacent to an activating group) is 1. The van der Waals surface area contributed by atoms with Gasteiger partial charge in [0.25, 0.3) is 0 Å². The smallest absolute Gasteiger partial charge is 0.161 e. The number of fused-ring (bicyclic) bond motifs is 1. The molecule has 0 saturated carbocycles. The molecule has 1 fully saturated rings. The summed E-state index contributed by atoms with van der Waals surface area (Å²) in [5.74, 6) is 1.64. The predicted octanol–water partition coefficient (Wildman–Crippen LogP) is 0.823. The predicted molar refractivity (Wildman–Crippen MR) is 80.9 cm³/mol. The van der Waals surface area contributed by atoms with E-state index in [0.717, 1.165) is 37.6 Å². The first-order chi connectivity index (χ1) is 10.1. The number of para-hydroxylation sites is 2. The number of hydrogen-bond acceptors (Lipinski definition) is 5. The summed E-state index contributed by atoms with van der Waals surface area (Å²) in [6.45, 7) is 3.05. The van der Waals surface area contributed by atoms with Crippen LogP contribution in [0.4, 0.5) is 0 Å². The molecule has 1 saturated heterocycles. The van der Waals surface area contributed by atoms with Crippen molar-refractivity contribution in [3.05, 3.63) is 24.3 Å². The van der Waals surface area contributed by atoms with Crippen LogP contribution >= 0.6 is 0 Å². The number of aliphatic hydroxyl groups is 1. The highest BCUT2D eigenvalue weighted by atomic mass is 16.6. The fraction of sp³-hybridized carbons (Fsp3) is 0.625. The lowest BCUT2D eigenvalue weighted by molar-refractivity contribution is 0.0494. The highest BCUT2D eigenvalue weighted by molar-refractivity contribution is 5.40. The standard InChI is InChI=1S/C16H24N2O3/c1-17(2)8-12-7-13(19)9-18(12)10-14-11-20-15-5-3-4-6-16(15)21-14/h3-6,12-14,19H,7-11H2,1-2H3. The SMILES string of the molecule is CN(C)CC1CC(O)CN1CC1COc2ccccc2O1. The van der Waals surface area contributed by atoms with Crippen molar-refractivity contribution in [2.24, 2.45) is 0 Å². The molecule has 0 spiro atoms. The Hall–Kier alpha value is -1.30. The van der Waals surface area contributed by atoms with E-state index in [2.05, 4.69) is 23.9 Å². The van der Waals surface area contributed by atoms with E-state index in [4.69, 9.17) is 9.47 Å². The molecule has 0 amide bonds.